The topological polar surface area (TPSA) is 86.7 Å². The molecule has 9 heteroatoms. The van der Waals surface area contributed by atoms with Crippen molar-refractivity contribution in [3.05, 3.63) is 56.3 Å². The van der Waals surface area contributed by atoms with Crippen molar-refractivity contribution in [2.45, 2.75) is 6.42 Å². The van der Waals surface area contributed by atoms with E-state index in [1.165, 1.54) is 12.4 Å². The van der Waals surface area contributed by atoms with Crippen molar-refractivity contribution in [1.82, 2.24) is 19.7 Å². The van der Waals surface area contributed by atoms with E-state index in [0.29, 0.717) is 22.2 Å². The summed E-state index contributed by atoms with van der Waals surface area (Å²) in [7, 11) is 1.73. The summed E-state index contributed by atoms with van der Waals surface area (Å²) >= 11 is 12.3. The number of nitro groups is 1. The van der Waals surface area contributed by atoms with Gasteiger partial charge in [0.25, 0.3) is 5.69 Å². The maximum absolute atomic E-state index is 11.3. The van der Waals surface area contributed by atoms with Crippen LogP contribution in [0.5, 0.6) is 0 Å². The SMILES string of the molecule is Cn1ncnc1Cc1c(Cl)nc(Cl)c2cccc([N+](=O)[O-])c12. The van der Waals surface area contributed by atoms with Crippen LogP contribution in [-0.4, -0.2) is 24.7 Å². The molecule has 0 saturated carbocycles. The molecule has 0 bridgehead atoms. The Morgan fingerprint density at radius 3 is 2.73 bits per heavy atom. The Kier molecular flexibility index (Phi) is 3.67. The molecule has 112 valence electrons. The molecule has 0 aliphatic heterocycles. The summed E-state index contributed by atoms with van der Waals surface area (Å²) in [4.78, 5) is 19.0. The minimum atomic E-state index is -0.463. The fraction of sp³-hybridized carbons (Fsp3) is 0.154. The highest BCUT2D eigenvalue weighted by Crippen LogP contribution is 2.36. The molecule has 0 N–H and O–H groups in total. The highest BCUT2D eigenvalue weighted by Gasteiger charge is 2.22. The zero-order chi connectivity index (χ0) is 15.9. The number of nitrogens with zero attached hydrogens (tertiary/aromatic N) is 5. The molecule has 0 aliphatic rings. The average molecular weight is 338 g/mol. The van der Waals surface area contributed by atoms with Gasteiger partial charge in [0.1, 0.15) is 22.5 Å². The minimum Gasteiger partial charge on any atom is -0.258 e. The molecule has 22 heavy (non-hydrogen) atoms. The number of non-ortho nitro benzene ring substituents is 1. The molecule has 0 fully saturated rings. The molecule has 2 aromatic heterocycles. The molecule has 7 nitrogen and oxygen atoms in total. The summed E-state index contributed by atoms with van der Waals surface area (Å²) in [6, 6.07) is 4.65. The number of hydrogen-bond acceptors (Lipinski definition) is 5. The molecule has 0 spiro atoms. The van der Waals surface area contributed by atoms with Gasteiger partial charge < -0.3 is 0 Å². The Balaban J connectivity index is 2.33. The summed E-state index contributed by atoms with van der Waals surface area (Å²) in [6.45, 7) is 0. The fourth-order valence-corrected chi connectivity index (χ4v) is 2.83. The van der Waals surface area contributed by atoms with Crippen LogP contribution in [0.3, 0.4) is 0 Å². The van der Waals surface area contributed by atoms with Crippen molar-refractivity contribution >= 4 is 39.7 Å². The highest BCUT2D eigenvalue weighted by atomic mass is 35.5. The van der Waals surface area contributed by atoms with Gasteiger partial charge in [-0.1, -0.05) is 35.3 Å². The third-order valence-corrected chi connectivity index (χ3v) is 3.95. The van der Waals surface area contributed by atoms with Crippen LogP contribution in [0.1, 0.15) is 11.4 Å². The van der Waals surface area contributed by atoms with E-state index in [9.17, 15) is 10.1 Å². The van der Waals surface area contributed by atoms with Crippen LogP contribution < -0.4 is 0 Å². The summed E-state index contributed by atoms with van der Waals surface area (Å²) in [5.41, 5.74) is 0.435. The second-order valence-corrected chi connectivity index (χ2v) is 5.32. The predicted octanol–water partition coefficient (Wildman–Crippen LogP) is 3.17. The van der Waals surface area contributed by atoms with Gasteiger partial charge in [-0.25, -0.2) is 9.97 Å². The van der Waals surface area contributed by atoms with Crippen molar-refractivity contribution in [3.63, 3.8) is 0 Å². The van der Waals surface area contributed by atoms with E-state index in [2.05, 4.69) is 15.1 Å². The first-order valence-corrected chi connectivity index (χ1v) is 6.98. The Hall–Kier alpha value is -2.25. The lowest BCUT2D eigenvalue weighted by atomic mass is 10.0. The summed E-state index contributed by atoms with van der Waals surface area (Å²) < 4.78 is 1.57. The Morgan fingerprint density at radius 2 is 2.09 bits per heavy atom. The quantitative estimate of drug-likeness (QED) is 0.416. The number of rotatable bonds is 3. The van der Waals surface area contributed by atoms with Crippen molar-refractivity contribution in [1.29, 1.82) is 0 Å². The third-order valence-electron chi connectivity index (χ3n) is 3.35. The van der Waals surface area contributed by atoms with Gasteiger partial charge >= 0.3 is 0 Å². The van der Waals surface area contributed by atoms with E-state index in [0.717, 1.165) is 0 Å². The monoisotopic (exact) mass is 337 g/mol. The molecular weight excluding hydrogens is 329 g/mol. The molecule has 2 heterocycles. The van der Waals surface area contributed by atoms with Gasteiger partial charge in [-0.15, -0.1) is 0 Å². The van der Waals surface area contributed by atoms with Crippen molar-refractivity contribution in [2.24, 2.45) is 7.05 Å². The smallest absolute Gasteiger partial charge is 0.258 e. The number of aryl methyl sites for hydroxylation is 1. The zero-order valence-electron chi connectivity index (χ0n) is 11.3. The lowest BCUT2D eigenvalue weighted by Gasteiger charge is -2.10. The van der Waals surface area contributed by atoms with Gasteiger partial charge in [-0.3, -0.25) is 14.8 Å². The molecule has 0 saturated heterocycles. The van der Waals surface area contributed by atoms with Crippen LogP contribution in [0.4, 0.5) is 5.69 Å². The molecule has 1 aromatic carbocycles. The molecule has 0 aliphatic carbocycles. The maximum atomic E-state index is 11.3. The highest BCUT2D eigenvalue weighted by molar-refractivity contribution is 6.37. The van der Waals surface area contributed by atoms with Crippen molar-refractivity contribution in [2.75, 3.05) is 0 Å². The number of nitro benzene ring substituents is 1. The van der Waals surface area contributed by atoms with Crippen LogP contribution in [0.25, 0.3) is 10.8 Å². The van der Waals surface area contributed by atoms with Gasteiger partial charge in [0.15, 0.2) is 0 Å². The van der Waals surface area contributed by atoms with Gasteiger partial charge in [-0.2, -0.15) is 5.10 Å². The number of halogens is 2. The van der Waals surface area contributed by atoms with E-state index >= 15 is 0 Å². The predicted molar refractivity (Wildman–Crippen MR) is 82.2 cm³/mol. The number of pyridine rings is 1. The molecule has 0 amide bonds. The average Bonchev–Trinajstić information content (AvgIpc) is 2.88. The molecular formula is C13H9Cl2N5O2. The first-order valence-electron chi connectivity index (χ1n) is 6.23. The Bertz CT molecular complexity index is 894. The lowest BCUT2D eigenvalue weighted by Crippen LogP contribution is -2.04. The third kappa shape index (κ3) is 2.38. The summed E-state index contributed by atoms with van der Waals surface area (Å²) in [5, 5.41) is 16.4. The Labute approximate surface area is 134 Å². The zero-order valence-corrected chi connectivity index (χ0v) is 12.8. The number of aromatic nitrogens is 4. The Morgan fingerprint density at radius 1 is 1.32 bits per heavy atom. The molecule has 0 atom stereocenters. The van der Waals surface area contributed by atoms with Crippen molar-refractivity contribution in [3.8, 4) is 0 Å². The van der Waals surface area contributed by atoms with Crippen LogP contribution in [0.15, 0.2) is 24.5 Å². The van der Waals surface area contributed by atoms with Gasteiger partial charge in [0.2, 0.25) is 0 Å². The largest absolute Gasteiger partial charge is 0.277 e. The summed E-state index contributed by atoms with van der Waals surface area (Å²) in [5.74, 6) is 0.616. The first kappa shape index (κ1) is 14.7. The van der Waals surface area contributed by atoms with Crippen LogP contribution in [0, 0.1) is 10.1 Å². The van der Waals surface area contributed by atoms with Gasteiger partial charge in [0.05, 0.1) is 10.3 Å². The van der Waals surface area contributed by atoms with E-state index < -0.39 is 4.92 Å². The van der Waals surface area contributed by atoms with E-state index in [1.54, 1.807) is 23.9 Å². The standard InChI is InChI=1S/C13H9Cl2N5O2/c1-19-10(16-6-17-19)5-8-11-7(12(14)18-13(8)15)3-2-4-9(11)20(21)22/h2-4,6H,5H2,1H3. The van der Waals surface area contributed by atoms with E-state index in [1.807, 2.05) is 0 Å². The molecule has 0 radical (unpaired) electrons. The fourth-order valence-electron chi connectivity index (χ4n) is 2.30. The molecule has 0 unspecified atom stereocenters. The second kappa shape index (κ2) is 5.51. The van der Waals surface area contributed by atoms with Crippen molar-refractivity contribution < 1.29 is 4.92 Å². The van der Waals surface area contributed by atoms with E-state index in [4.69, 9.17) is 23.2 Å². The number of benzene rings is 1. The van der Waals surface area contributed by atoms with Gasteiger partial charge in [0, 0.05) is 30.5 Å². The van der Waals surface area contributed by atoms with Crippen LogP contribution in [-0.2, 0) is 13.5 Å². The summed E-state index contributed by atoms with van der Waals surface area (Å²) in [6.07, 6.45) is 1.67. The van der Waals surface area contributed by atoms with Crippen LogP contribution in [0.2, 0.25) is 10.3 Å². The van der Waals surface area contributed by atoms with Gasteiger partial charge in [-0.05, 0) is 0 Å². The van der Waals surface area contributed by atoms with Crippen LogP contribution >= 0.6 is 23.2 Å². The normalized spacial score (nSPS) is 11.0. The van der Waals surface area contributed by atoms with E-state index in [-0.39, 0.29) is 22.4 Å². The lowest BCUT2D eigenvalue weighted by molar-refractivity contribution is -0.383. The first-order chi connectivity index (χ1) is 10.5. The molecule has 3 rings (SSSR count). The minimum absolute atomic E-state index is 0.0686. The maximum Gasteiger partial charge on any atom is 0.277 e. The molecule has 3 aromatic rings. The number of hydrogen-bond donors (Lipinski definition) is 0. The second-order valence-electron chi connectivity index (χ2n) is 4.61. The number of fused-ring (bicyclic) bond motifs is 1.